The summed E-state index contributed by atoms with van der Waals surface area (Å²) in [5.41, 5.74) is 2.25. The molecule has 4 nitrogen and oxygen atoms in total. The van der Waals surface area contributed by atoms with Gasteiger partial charge in [-0.3, -0.25) is 0 Å². The number of rotatable bonds is 3. The number of hydrogen-bond acceptors (Lipinski definition) is 4. The number of methoxy groups -OCH3 is 1. The number of phenols is 2. The maximum atomic E-state index is 9.71. The summed E-state index contributed by atoms with van der Waals surface area (Å²) in [5, 5.41) is 22.6. The summed E-state index contributed by atoms with van der Waals surface area (Å²) in [5.74, 6) is 1.30. The average molecular weight is 322 g/mol. The molecule has 22 heavy (non-hydrogen) atoms. The van der Waals surface area contributed by atoms with Crippen LogP contribution in [0.1, 0.15) is 23.0 Å². The van der Waals surface area contributed by atoms with Crippen LogP contribution in [0.3, 0.4) is 0 Å². The molecule has 1 aliphatic heterocycles. The van der Waals surface area contributed by atoms with E-state index in [1.54, 1.807) is 19.2 Å². The van der Waals surface area contributed by atoms with Gasteiger partial charge in [-0.05, 0) is 35.4 Å². The molecule has 5 heteroatoms. The summed E-state index contributed by atoms with van der Waals surface area (Å²) >= 11 is 0. The van der Waals surface area contributed by atoms with Gasteiger partial charge in [0, 0.05) is 24.9 Å². The van der Waals surface area contributed by atoms with Crippen molar-refractivity contribution in [2.45, 2.75) is 11.8 Å². The zero-order valence-electron chi connectivity index (χ0n) is 12.3. The number of ether oxygens (including phenoxy) is 1. The Balaban J connectivity index is 0.00000176. The molecule has 0 saturated carbocycles. The van der Waals surface area contributed by atoms with Crippen molar-refractivity contribution in [3.05, 3.63) is 53.6 Å². The van der Waals surface area contributed by atoms with Crippen molar-refractivity contribution < 1.29 is 14.9 Å². The third-order valence-corrected chi connectivity index (χ3v) is 4.16. The molecule has 1 heterocycles. The van der Waals surface area contributed by atoms with Gasteiger partial charge in [-0.15, -0.1) is 12.4 Å². The number of benzene rings is 2. The Kier molecular flexibility index (Phi) is 5.16. The molecule has 3 N–H and O–H groups in total. The molecule has 2 aromatic rings. The monoisotopic (exact) mass is 321 g/mol. The van der Waals surface area contributed by atoms with Crippen LogP contribution in [0.5, 0.6) is 17.2 Å². The van der Waals surface area contributed by atoms with E-state index >= 15 is 0 Å². The average Bonchev–Trinajstić information content (AvgIpc) is 2.99. The highest BCUT2D eigenvalue weighted by atomic mass is 35.5. The third kappa shape index (κ3) is 3.13. The molecule has 0 bridgehead atoms. The molecule has 0 spiro atoms. The van der Waals surface area contributed by atoms with E-state index < -0.39 is 0 Å². The second kappa shape index (κ2) is 6.90. The second-order valence-corrected chi connectivity index (χ2v) is 5.40. The molecule has 0 radical (unpaired) electrons. The lowest BCUT2D eigenvalue weighted by atomic mass is 9.84. The van der Waals surface area contributed by atoms with Gasteiger partial charge < -0.3 is 20.3 Å². The van der Waals surface area contributed by atoms with Crippen LogP contribution in [0.2, 0.25) is 0 Å². The number of phenolic OH excluding ortho intramolecular Hbond substituents is 2. The fourth-order valence-corrected chi connectivity index (χ4v) is 3.02. The second-order valence-electron chi connectivity index (χ2n) is 5.40. The van der Waals surface area contributed by atoms with Crippen LogP contribution in [-0.2, 0) is 0 Å². The molecule has 0 aliphatic carbocycles. The van der Waals surface area contributed by atoms with E-state index in [0.29, 0.717) is 5.92 Å². The van der Waals surface area contributed by atoms with E-state index in [-0.39, 0.29) is 29.8 Å². The molecular weight excluding hydrogens is 302 g/mol. The molecule has 0 amide bonds. The van der Waals surface area contributed by atoms with Crippen molar-refractivity contribution in [2.75, 3.05) is 20.2 Å². The first kappa shape index (κ1) is 16.5. The quantitative estimate of drug-likeness (QED) is 0.761. The molecule has 118 valence electrons. The van der Waals surface area contributed by atoms with Crippen LogP contribution in [0.15, 0.2) is 42.5 Å². The van der Waals surface area contributed by atoms with Gasteiger partial charge in [0.05, 0.1) is 7.11 Å². The molecule has 2 aromatic carbocycles. The highest BCUT2D eigenvalue weighted by molar-refractivity contribution is 5.85. The molecule has 1 aliphatic rings. The maximum Gasteiger partial charge on any atom is 0.157 e. The number of aromatic hydroxyl groups is 2. The predicted octanol–water partition coefficient (Wildman–Crippen LogP) is 3.00. The minimum Gasteiger partial charge on any atom is -0.504 e. The highest BCUT2D eigenvalue weighted by Crippen LogP contribution is 2.39. The molecular formula is C17H20ClNO3. The Hall–Kier alpha value is -1.91. The molecule has 0 aromatic heterocycles. The Labute approximate surface area is 136 Å². The van der Waals surface area contributed by atoms with E-state index in [0.717, 1.165) is 24.4 Å². The molecule has 2 atom stereocenters. The molecule has 1 fully saturated rings. The van der Waals surface area contributed by atoms with Crippen molar-refractivity contribution in [1.29, 1.82) is 0 Å². The Morgan fingerprint density at radius 3 is 2.27 bits per heavy atom. The number of nitrogens with one attached hydrogen (secondary N) is 1. The molecule has 3 rings (SSSR count). The SMILES string of the molecule is COc1cccc([C@@H]2CNC[C@H]2c2ccc(O)c(O)c2)c1.Cl. The summed E-state index contributed by atoms with van der Waals surface area (Å²) < 4.78 is 5.30. The van der Waals surface area contributed by atoms with Crippen molar-refractivity contribution in [3.63, 3.8) is 0 Å². The first-order chi connectivity index (χ1) is 10.2. The predicted molar refractivity (Wildman–Crippen MR) is 88.4 cm³/mol. The fraction of sp³-hybridized carbons (Fsp3) is 0.294. The van der Waals surface area contributed by atoms with Crippen LogP contribution in [0.4, 0.5) is 0 Å². The molecule has 0 unspecified atom stereocenters. The zero-order valence-corrected chi connectivity index (χ0v) is 13.1. The third-order valence-electron chi connectivity index (χ3n) is 4.16. The summed E-state index contributed by atoms with van der Waals surface area (Å²) in [7, 11) is 1.67. The summed E-state index contributed by atoms with van der Waals surface area (Å²) in [4.78, 5) is 0. The van der Waals surface area contributed by atoms with Gasteiger partial charge in [-0.1, -0.05) is 18.2 Å². The first-order valence-corrected chi connectivity index (χ1v) is 7.05. The Morgan fingerprint density at radius 2 is 1.64 bits per heavy atom. The highest BCUT2D eigenvalue weighted by Gasteiger charge is 2.30. The van der Waals surface area contributed by atoms with Gasteiger partial charge in [0.1, 0.15) is 5.75 Å². The largest absolute Gasteiger partial charge is 0.504 e. The summed E-state index contributed by atoms with van der Waals surface area (Å²) in [6, 6.07) is 13.2. The number of halogens is 1. The van der Waals surface area contributed by atoms with Crippen LogP contribution in [0, 0.1) is 0 Å². The van der Waals surface area contributed by atoms with E-state index in [4.69, 9.17) is 4.74 Å². The van der Waals surface area contributed by atoms with Crippen molar-refractivity contribution >= 4 is 12.4 Å². The molecule has 1 saturated heterocycles. The van der Waals surface area contributed by atoms with Crippen LogP contribution >= 0.6 is 12.4 Å². The Morgan fingerprint density at radius 1 is 0.955 bits per heavy atom. The van der Waals surface area contributed by atoms with E-state index in [9.17, 15) is 10.2 Å². The van der Waals surface area contributed by atoms with Crippen molar-refractivity contribution in [3.8, 4) is 17.2 Å². The summed E-state index contributed by atoms with van der Waals surface area (Å²) in [6.07, 6.45) is 0. The smallest absolute Gasteiger partial charge is 0.157 e. The van der Waals surface area contributed by atoms with Crippen LogP contribution in [0.25, 0.3) is 0 Å². The van der Waals surface area contributed by atoms with Gasteiger partial charge in [0.15, 0.2) is 11.5 Å². The van der Waals surface area contributed by atoms with Gasteiger partial charge in [-0.2, -0.15) is 0 Å². The van der Waals surface area contributed by atoms with Gasteiger partial charge >= 0.3 is 0 Å². The Bertz CT molecular complexity index is 648. The van der Waals surface area contributed by atoms with Gasteiger partial charge in [0.25, 0.3) is 0 Å². The normalized spacial score (nSPS) is 20.4. The lowest BCUT2D eigenvalue weighted by Crippen LogP contribution is -2.09. The standard InChI is InChI=1S/C17H19NO3.ClH/c1-21-13-4-2-3-11(7-13)14-9-18-10-15(14)12-5-6-16(19)17(20)8-12;/h2-8,14-15,18-20H,9-10H2,1H3;1H/t14-,15-;/m0./s1. The zero-order chi connectivity index (χ0) is 14.8. The minimum absolute atomic E-state index is 0. The summed E-state index contributed by atoms with van der Waals surface area (Å²) in [6.45, 7) is 1.74. The first-order valence-electron chi connectivity index (χ1n) is 7.05. The lowest BCUT2D eigenvalue weighted by Gasteiger charge is -2.20. The number of hydrogen-bond donors (Lipinski definition) is 3. The van der Waals surface area contributed by atoms with E-state index in [1.807, 2.05) is 18.2 Å². The van der Waals surface area contributed by atoms with Crippen LogP contribution < -0.4 is 10.1 Å². The lowest BCUT2D eigenvalue weighted by molar-refractivity contribution is 0.402. The van der Waals surface area contributed by atoms with Crippen LogP contribution in [-0.4, -0.2) is 30.4 Å². The fourth-order valence-electron chi connectivity index (χ4n) is 3.02. The minimum atomic E-state index is -0.0809. The topological polar surface area (TPSA) is 61.7 Å². The van der Waals surface area contributed by atoms with Crippen molar-refractivity contribution in [1.82, 2.24) is 5.32 Å². The van der Waals surface area contributed by atoms with Gasteiger partial charge in [-0.25, -0.2) is 0 Å². The van der Waals surface area contributed by atoms with E-state index in [2.05, 4.69) is 17.4 Å². The maximum absolute atomic E-state index is 9.71. The van der Waals surface area contributed by atoms with Gasteiger partial charge in [0.2, 0.25) is 0 Å². The van der Waals surface area contributed by atoms with E-state index in [1.165, 1.54) is 5.56 Å². The van der Waals surface area contributed by atoms with Crippen molar-refractivity contribution in [2.24, 2.45) is 0 Å².